The highest BCUT2D eigenvalue weighted by molar-refractivity contribution is 7.89. The summed E-state index contributed by atoms with van der Waals surface area (Å²) in [6.07, 6.45) is 2.10. The smallest absolute Gasteiger partial charge is 0.268 e. The summed E-state index contributed by atoms with van der Waals surface area (Å²) in [5.41, 5.74) is 2.24. The number of nitrogens with one attached hydrogen (secondary N) is 1. The Morgan fingerprint density at radius 1 is 1.00 bits per heavy atom. The van der Waals surface area contributed by atoms with Gasteiger partial charge in [0.25, 0.3) is 11.8 Å². The predicted octanol–water partition coefficient (Wildman–Crippen LogP) is 5.08. The molecule has 1 atom stereocenters. The number of fused-ring (bicyclic) bond motifs is 1. The highest BCUT2D eigenvalue weighted by Gasteiger charge is 2.32. The molecule has 0 aromatic heterocycles. The fourth-order valence-electron chi connectivity index (χ4n) is 4.66. The van der Waals surface area contributed by atoms with E-state index in [1.54, 1.807) is 42.2 Å². The van der Waals surface area contributed by atoms with E-state index in [-0.39, 0.29) is 10.8 Å². The van der Waals surface area contributed by atoms with Crippen molar-refractivity contribution in [2.24, 2.45) is 0 Å². The molecule has 0 radical (unpaired) electrons. The first kappa shape index (κ1) is 26.2. The van der Waals surface area contributed by atoms with Gasteiger partial charge in [-0.3, -0.25) is 9.59 Å². The second-order valence-electron chi connectivity index (χ2n) is 9.44. The molecule has 2 aliphatic heterocycles. The van der Waals surface area contributed by atoms with Crippen LogP contribution in [0.1, 0.15) is 42.1 Å². The second kappa shape index (κ2) is 10.8. The van der Waals surface area contributed by atoms with Crippen LogP contribution in [0, 0.1) is 0 Å². The summed E-state index contributed by atoms with van der Waals surface area (Å²) < 4.78 is 33.1. The Labute approximate surface area is 227 Å². The molecule has 2 heterocycles. The molecule has 0 bridgehead atoms. The normalized spacial score (nSPS) is 18.0. The molecule has 10 heteroatoms. The fraction of sp³-hybridized carbons (Fsp3) is 0.286. The van der Waals surface area contributed by atoms with Gasteiger partial charge in [0.2, 0.25) is 10.0 Å². The van der Waals surface area contributed by atoms with Crippen molar-refractivity contribution >= 4 is 44.8 Å². The third-order valence-corrected chi connectivity index (χ3v) is 8.91. The first-order valence-electron chi connectivity index (χ1n) is 12.5. The van der Waals surface area contributed by atoms with E-state index in [9.17, 15) is 18.0 Å². The molecular formula is C28H28ClN3O5S. The Kier molecular flexibility index (Phi) is 7.43. The Hall–Kier alpha value is -3.40. The molecule has 5 rings (SSSR count). The quantitative estimate of drug-likeness (QED) is 0.459. The monoisotopic (exact) mass is 553 g/mol. The lowest BCUT2D eigenvalue weighted by Gasteiger charge is -2.33. The van der Waals surface area contributed by atoms with Crippen molar-refractivity contribution in [3.63, 3.8) is 0 Å². The summed E-state index contributed by atoms with van der Waals surface area (Å²) in [6.45, 7) is 3.05. The number of anilines is 2. The van der Waals surface area contributed by atoms with E-state index in [1.807, 2.05) is 12.1 Å². The topological polar surface area (TPSA) is 96.0 Å². The molecule has 1 saturated heterocycles. The summed E-state index contributed by atoms with van der Waals surface area (Å²) >= 11 is 6.00. The van der Waals surface area contributed by atoms with Gasteiger partial charge in [0.05, 0.1) is 17.1 Å². The molecule has 2 aliphatic rings. The number of nitrogens with zero attached hydrogens (tertiary/aromatic N) is 2. The molecule has 0 aliphatic carbocycles. The van der Waals surface area contributed by atoms with Gasteiger partial charge in [-0.15, -0.1) is 0 Å². The highest BCUT2D eigenvalue weighted by atomic mass is 35.5. The lowest BCUT2D eigenvalue weighted by molar-refractivity contribution is -0.125. The highest BCUT2D eigenvalue weighted by Crippen LogP contribution is 2.37. The molecule has 1 N–H and O–H groups in total. The standard InChI is InChI=1S/C28H28ClN3O5S/c1-19-28(34)32(18-20-5-9-22(29)10-6-20)25-17-23(11-14-26(25)37-19)30-27(33)21-7-12-24(13-8-21)38(35,36)31-15-3-2-4-16-31/h5-14,17,19H,2-4,15-16,18H2,1H3,(H,30,33). The van der Waals surface area contributed by atoms with Crippen molar-refractivity contribution < 1.29 is 22.7 Å². The van der Waals surface area contributed by atoms with Crippen LogP contribution in [0.2, 0.25) is 5.02 Å². The number of rotatable bonds is 6. The van der Waals surface area contributed by atoms with Crippen LogP contribution in [-0.4, -0.2) is 43.7 Å². The maximum absolute atomic E-state index is 13.0. The van der Waals surface area contributed by atoms with Gasteiger partial charge < -0.3 is 15.0 Å². The molecule has 1 fully saturated rings. The average molecular weight is 554 g/mol. The van der Waals surface area contributed by atoms with E-state index in [4.69, 9.17) is 16.3 Å². The number of benzene rings is 3. The zero-order valence-corrected chi connectivity index (χ0v) is 22.5. The zero-order chi connectivity index (χ0) is 26.9. The lowest BCUT2D eigenvalue weighted by Crippen LogP contribution is -2.44. The number of carbonyl (C=O) groups is 2. The van der Waals surface area contributed by atoms with E-state index in [0.717, 1.165) is 24.8 Å². The van der Waals surface area contributed by atoms with Gasteiger partial charge in [0, 0.05) is 29.4 Å². The molecule has 3 aromatic rings. The first-order chi connectivity index (χ1) is 18.2. The number of sulfonamides is 1. The fourth-order valence-corrected chi connectivity index (χ4v) is 6.30. The van der Waals surface area contributed by atoms with Gasteiger partial charge in [-0.1, -0.05) is 30.2 Å². The molecule has 0 saturated carbocycles. The van der Waals surface area contributed by atoms with Crippen molar-refractivity contribution in [3.8, 4) is 5.75 Å². The number of piperidine rings is 1. The Morgan fingerprint density at radius 3 is 2.37 bits per heavy atom. The molecule has 8 nitrogen and oxygen atoms in total. The number of carbonyl (C=O) groups excluding carboxylic acids is 2. The van der Waals surface area contributed by atoms with Crippen LogP contribution in [0.15, 0.2) is 71.6 Å². The maximum Gasteiger partial charge on any atom is 0.268 e. The van der Waals surface area contributed by atoms with Gasteiger partial charge in [0.1, 0.15) is 5.75 Å². The minimum absolute atomic E-state index is 0.173. The number of halogens is 1. The minimum atomic E-state index is -3.57. The van der Waals surface area contributed by atoms with Crippen LogP contribution < -0.4 is 15.0 Å². The SMILES string of the molecule is CC1Oc2ccc(NC(=O)c3ccc(S(=O)(=O)N4CCCCC4)cc3)cc2N(Cc2ccc(Cl)cc2)C1=O. The zero-order valence-electron chi connectivity index (χ0n) is 20.9. The maximum atomic E-state index is 13.0. The molecule has 3 aromatic carbocycles. The Bertz CT molecular complexity index is 1450. The van der Waals surface area contributed by atoms with E-state index >= 15 is 0 Å². The van der Waals surface area contributed by atoms with Crippen LogP contribution in [0.25, 0.3) is 0 Å². The van der Waals surface area contributed by atoms with Gasteiger partial charge in [-0.25, -0.2) is 8.42 Å². The predicted molar refractivity (Wildman–Crippen MR) is 146 cm³/mol. The van der Waals surface area contributed by atoms with E-state index in [1.165, 1.54) is 28.6 Å². The van der Waals surface area contributed by atoms with Crippen LogP contribution >= 0.6 is 11.6 Å². The third-order valence-electron chi connectivity index (χ3n) is 6.75. The van der Waals surface area contributed by atoms with Gasteiger partial charge >= 0.3 is 0 Å². The van der Waals surface area contributed by atoms with Crippen molar-refractivity contribution in [1.82, 2.24) is 4.31 Å². The number of hydrogen-bond acceptors (Lipinski definition) is 5. The number of amides is 2. The molecule has 198 valence electrons. The van der Waals surface area contributed by atoms with Crippen molar-refractivity contribution in [2.75, 3.05) is 23.3 Å². The summed E-state index contributed by atoms with van der Waals surface area (Å²) in [6, 6.07) is 18.3. The summed E-state index contributed by atoms with van der Waals surface area (Å²) in [5.74, 6) is -0.0506. The molecular weight excluding hydrogens is 526 g/mol. The van der Waals surface area contributed by atoms with Gasteiger partial charge in [-0.2, -0.15) is 4.31 Å². The second-order valence-corrected chi connectivity index (χ2v) is 11.8. The lowest BCUT2D eigenvalue weighted by atomic mass is 10.1. The van der Waals surface area contributed by atoms with E-state index < -0.39 is 22.0 Å². The molecule has 2 amide bonds. The molecule has 0 spiro atoms. The van der Waals surface area contributed by atoms with Crippen molar-refractivity contribution in [1.29, 1.82) is 0 Å². The van der Waals surface area contributed by atoms with E-state index in [0.29, 0.717) is 47.3 Å². The molecule has 38 heavy (non-hydrogen) atoms. The van der Waals surface area contributed by atoms with Gasteiger partial charge in [0.15, 0.2) is 6.10 Å². The Balaban J connectivity index is 1.34. The van der Waals surface area contributed by atoms with Crippen LogP contribution in [0.3, 0.4) is 0 Å². The number of hydrogen-bond donors (Lipinski definition) is 1. The third kappa shape index (κ3) is 5.41. The van der Waals surface area contributed by atoms with Crippen LogP contribution in [0.5, 0.6) is 5.75 Å². The average Bonchev–Trinajstić information content (AvgIpc) is 2.93. The van der Waals surface area contributed by atoms with Crippen LogP contribution in [-0.2, 0) is 21.4 Å². The minimum Gasteiger partial charge on any atom is -0.479 e. The van der Waals surface area contributed by atoms with Crippen molar-refractivity contribution in [2.45, 2.75) is 43.7 Å². The summed E-state index contributed by atoms with van der Waals surface area (Å²) in [4.78, 5) is 27.7. The largest absolute Gasteiger partial charge is 0.479 e. The van der Waals surface area contributed by atoms with E-state index in [2.05, 4.69) is 5.32 Å². The summed E-state index contributed by atoms with van der Waals surface area (Å²) in [5, 5.41) is 3.45. The van der Waals surface area contributed by atoms with Gasteiger partial charge in [-0.05, 0) is 79.9 Å². The Morgan fingerprint density at radius 2 is 1.68 bits per heavy atom. The van der Waals surface area contributed by atoms with Crippen molar-refractivity contribution in [3.05, 3.63) is 82.9 Å². The summed E-state index contributed by atoms with van der Waals surface area (Å²) in [7, 11) is -3.57. The van der Waals surface area contributed by atoms with Crippen LogP contribution in [0.4, 0.5) is 11.4 Å². The molecule has 1 unspecified atom stereocenters. The number of ether oxygens (including phenoxy) is 1. The first-order valence-corrected chi connectivity index (χ1v) is 14.3.